The number of hydrogen-bond acceptors (Lipinski definition) is 5. The lowest BCUT2D eigenvalue weighted by molar-refractivity contribution is -0.125. The lowest BCUT2D eigenvalue weighted by Gasteiger charge is -2.33. The molecule has 2 atom stereocenters. The summed E-state index contributed by atoms with van der Waals surface area (Å²) in [6.45, 7) is 7.43. The SMILES string of the molecule is Cc1nnc(N2CCC[C@H](C(=O)N[C@H](C)c3ccccc3)C2)c2nn(-c3ccc(Cl)cc3)c(C)c12. The lowest BCUT2D eigenvalue weighted by Crippen LogP contribution is -2.44. The molecule has 2 aromatic carbocycles. The number of benzene rings is 2. The molecule has 0 aliphatic carbocycles. The highest BCUT2D eigenvalue weighted by Gasteiger charge is 2.30. The molecule has 0 radical (unpaired) electrons. The van der Waals surface area contributed by atoms with Crippen molar-refractivity contribution in [2.24, 2.45) is 5.92 Å². The summed E-state index contributed by atoms with van der Waals surface area (Å²) in [5, 5.41) is 18.8. The highest BCUT2D eigenvalue weighted by molar-refractivity contribution is 6.30. The van der Waals surface area contributed by atoms with Crippen molar-refractivity contribution in [2.45, 2.75) is 39.7 Å². The molecule has 1 amide bonds. The van der Waals surface area contributed by atoms with Crippen LogP contribution in [0.15, 0.2) is 54.6 Å². The summed E-state index contributed by atoms with van der Waals surface area (Å²) in [5.41, 5.74) is 4.68. The van der Waals surface area contributed by atoms with Crippen molar-refractivity contribution in [3.05, 3.63) is 76.6 Å². The Hall–Kier alpha value is -3.45. The van der Waals surface area contributed by atoms with Crippen LogP contribution < -0.4 is 10.2 Å². The molecule has 3 heterocycles. The van der Waals surface area contributed by atoms with Crippen molar-refractivity contribution in [2.75, 3.05) is 18.0 Å². The van der Waals surface area contributed by atoms with Crippen molar-refractivity contribution in [3.63, 3.8) is 0 Å². The Morgan fingerprint density at radius 2 is 1.83 bits per heavy atom. The summed E-state index contributed by atoms with van der Waals surface area (Å²) in [6.07, 6.45) is 1.76. The topological polar surface area (TPSA) is 75.9 Å². The first kappa shape index (κ1) is 23.3. The highest BCUT2D eigenvalue weighted by atomic mass is 35.5. The summed E-state index contributed by atoms with van der Waals surface area (Å²) in [6, 6.07) is 17.6. The van der Waals surface area contributed by atoms with Crippen molar-refractivity contribution >= 4 is 34.2 Å². The van der Waals surface area contributed by atoms with Crippen LogP contribution in [0, 0.1) is 19.8 Å². The second kappa shape index (κ2) is 9.66. The lowest BCUT2D eigenvalue weighted by atomic mass is 9.96. The van der Waals surface area contributed by atoms with Crippen molar-refractivity contribution in [1.82, 2.24) is 25.3 Å². The molecule has 4 aromatic rings. The Bertz CT molecular complexity index is 1350. The van der Waals surface area contributed by atoms with E-state index >= 15 is 0 Å². The van der Waals surface area contributed by atoms with Gasteiger partial charge in [-0.2, -0.15) is 10.2 Å². The van der Waals surface area contributed by atoms with Crippen LogP contribution >= 0.6 is 11.6 Å². The molecule has 2 aromatic heterocycles. The van der Waals surface area contributed by atoms with Gasteiger partial charge in [0.1, 0.15) is 5.52 Å². The Kier molecular flexibility index (Phi) is 6.43. The van der Waals surface area contributed by atoms with Gasteiger partial charge >= 0.3 is 0 Å². The number of carbonyl (C=O) groups excluding carboxylic acids is 1. The Morgan fingerprint density at radius 3 is 2.57 bits per heavy atom. The molecule has 1 N–H and O–H groups in total. The minimum Gasteiger partial charge on any atom is -0.352 e. The van der Waals surface area contributed by atoms with Gasteiger partial charge in [-0.25, -0.2) is 4.68 Å². The molecular weight excluding hydrogens is 460 g/mol. The Morgan fingerprint density at radius 1 is 1.09 bits per heavy atom. The van der Waals surface area contributed by atoms with E-state index in [1.165, 1.54) is 0 Å². The molecule has 7 nitrogen and oxygen atoms in total. The van der Waals surface area contributed by atoms with Crippen LogP contribution in [0.25, 0.3) is 16.6 Å². The van der Waals surface area contributed by atoms with Crippen molar-refractivity contribution in [3.8, 4) is 5.69 Å². The number of halogens is 1. The maximum atomic E-state index is 13.1. The molecule has 35 heavy (non-hydrogen) atoms. The molecular formula is C27H29ClN6O. The number of rotatable bonds is 5. The molecule has 0 bridgehead atoms. The fraction of sp³-hybridized carbons (Fsp3) is 0.333. The van der Waals surface area contributed by atoms with Crippen LogP contribution in [0.2, 0.25) is 5.02 Å². The van der Waals surface area contributed by atoms with E-state index in [1.54, 1.807) is 0 Å². The molecule has 1 aliphatic heterocycles. The molecule has 1 saturated heterocycles. The van der Waals surface area contributed by atoms with E-state index in [2.05, 4.69) is 20.4 Å². The van der Waals surface area contributed by atoms with Gasteiger partial charge in [0, 0.05) is 18.1 Å². The molecule has 0 unspecified atom stereocenters. The number of fused-ring (bicyclic) bond motifs is 1. The van der Waals surface area contributed by atoms with E-state index in [4.69, 9.17) is 16.7 Å². The number of aryl methyl sites for hydroxylation is 2. The third-order valence-electron chi connectivity index (χ3n) is 6.81. The zero-order valence-corrected chi connectivity index (χ0v) is 21.0. The van der Waals surface area contributed by atoms with Crippen molar-refractivity contribution in [1.29, 1.82) is 0 Å². The van der Waals surface area contributed by atoms with Gasteiger partial charge in [0.2, 0.25) is 5.91 Å². The third-order valence-corrected chi connectivity index (χ3v) is 7.06. The summed E-state index contributed by atoms with van der Waals surface area (Å²) >= 11 is 6.09. The molecule has 8 heteroatoms. The average molecular weight is 489 g/mol. The van der Waals surface area contributed by atoms with Gasteiger partial charge in [0.25, 0.3) is 0 Å². The van der Waals surface area contributed by atoms with E-state index in [1.807, 2.05) is 80.1 Å². The second-order valence-electron chi connectivity index (χ2n) is 9.23. The van der Waals surface area contributed by atoms with Gasteiger partial charge in [-0.1, -0.05) is 41.9 Å². The molecule has 1 fully saturated rings. The second-order valence-corrected chi connectivity index (χ2v) is 9.67. The average Bonchev–Trinajstić information content (AvgIpc) is 3.23. The number of hydrogen-bond donors (Lipinski definition) is 1. The molecule has 0 saturated carbocycles. The smallest absolute Gasteiger partial charge is 0.225 e. The normalized spacial score (nSPS) is 16.9. The predicted molar refractivity (Wildman–Crippen MR) is 139 cm³/mol. The van der Waals surface area contributed by atoms with Crippen LogP contribution in [0.3, 0.4) is 0 Å². The maximum Gasteiger partial charge on any atom is 0.225 e. The van der Waals surface area contributed by atoms with E-state index < -0.39 is 0 Å². The minimum atomic E-state index is -0.118. The highest BCUT2D eigenvalue weighted by Crippen LogP contribution is 2.32. The van der Waals surface area contributed by atoms with Crippen LogP contribution in [0.4, 0.5) is 5.82 Å². The van der Waals surface area contributed by atoms with E-state index in [-0.39, 0.29) is 17.9 Å². The number of amides is 1. The quantitative estimate of drug-likeness (QED) is 0.419. The van der Waals surface area contributed by atoms with Gasteiger partial charge in [0.05, 0.1) is 34.4 Å². The van der Waals surface area contributed by atoms with Crippen LogP contribution in [0.5, 0.6) is 0 Å². The van der Waals surface area contributed by atoms with Crippen molar-refractivity contribution < 1.29 is 4.79 Å². The fourth-order valence-corrected chi connectivity index (χ4v) is 5.02. The van der Waals surface area contributed by atoms with Gasteiger partial charge in [0.15, 0.2) is 5.82 Å². The summed E-state index contributed by atoms with van der Waals surface area (Å²) in [7, 11) is 0. The molecule has 0 spiro atoms. The standard InChI is InChI=1S/C27H29ClN6O/c1-17(20-8-5-4-6-9-20)29-27(35)21-10-7-15-33(16-21)26-25-24(18(2)30-31-26)19(3)34(32-25)23-13-11-22(28)12-14-23/h4-6,8-9,11-14,17,21H,7,10,15-16H2,1-3H3,(H,29,35)/t17-,21+/m1/s1. The van der Waals surface area contributed by atoms with Gasteiger partial charge in [-0.05, 0) is 63.4 Å². The van der Waals surface area contributed by atoms with Crippen LogP contribution in [-0.2, 0) is 4.79 Å². The summed E-state index contributed by atoms with van der Waals surface area (Å²) in [5.74, 6) is 0.688. The Balaban J connectivity index is 1.42. The van der Waals surface area contributed by atoms with Crippen LogP contribution in [0.1, 0.15) is 42.8 Å². The van der Waals surface area contributed by atoms with E-state index in [0.717, 1.165) is 58.7 Å². The van der Waals surface area contributed by atoms with Gasteiger partial charge < -0.3 is 10.2 Å². The third kappa shape index (κ3) is 4.60. The monoisotopic (exact) mass is 488 g/mol. The minimum absolute atomic E-state index is 0.0392. The van der Waals surface area contributed by atoms with Crippen LogP contribution in [-0.4, -0.2) is 39.0 Å². The first-order valence-corrected chi connectivity index (χ1v) is 12.4. The molecule has 5 rings (SSSR count). The first-order chi connectivity index (χ1) is 16.9. The number of nitrogens with zero attached hydrogens (tertiary/aromatic N) is 5. The van der Waals surface area contributed by atoms with E-state index in [0.29, 0.717) is 11.6 Å². The predicted octanol–water partition coefficient (Wildman–Crippen LogP) is 5.18. The number of anilines is 1. The van der Waals surface area contributed by atoms with E-state index in [9.17, 15) is 4.79 Å². The number of carbonyl (C=O) groups is 1. The summed E-state index contributed by atoms with van der Waals surface area (Å²) in [4.78, 5) is 15.3. The van der Waals surface area contributed by atoms with Gasteiger partial charge in [-0.3, -0.25) is 4.79 Å². The molecule has 1 aliphatic rings. The number of piperidine rings is 1. The zero-order chi connectivity index (χ0) is 24.5. The maximum absolute atomic E-state index is 13.1. The zero-order valence-electron chi connectivity index (χ0n) is 20.2. The van der Waals surface area contributed by atoms with Gasteiger partial charge in [-0.15, -0.1) is 5.10 Å². The number of nitrogens with one attached hydrogen (secondary N) is 1. The fourth-order valence-electron chi connectivity index (χ4n) is 4.90. The number of aromatic nitrogens is 4. The Labute approximate surface area is 210 Å². The first-order valence-electron chi connectivity index (χ1n) is 12.0. The summed E-state index contributed by atoms with van der Waals surface area (Å²) < 4.78 is 1.91. The largest absolute Gasteiger partial charge is 0.352 e. The molecule has 180 valence electrons.